The second kappa shape index (κ2) is 12.6. The lowest BCUT2D eigenvalue weighted by Crippen LogP contribution is -2.24. The molecule has 8 aromatic carbocycles. The molecule has 0 bridgehead atoms. The van der Waals surface area contributed by atoms with Crippen molar-refractivity contribution in [2.75, 3.05) is 0 Å². The summed E-state index contributed by atoms with van der Waals surface area (Å²) in [7, 11) is -3.04. The maximum atomic E-state index is 14.9. The SMILES string of the molecule is O=P(c1ccccc1)(c1ccccc1)c1ccc(-c2cccc(-c3ccc4oc5c(ccc6c(-c7ccccc7)nc7ccccc7c65)c4c3)c2)cc1. The van der Waals surface area contributed by atoms with Crippen LogP contribution in [0.2, 0.25) is 0 Å². The molecule has 0 unspecified atom stereocenters. The zero-order valence-corrected chi connectivity index (χ0v) is 29.6. The third-order valence-corrected chi connectivity index (χ3v) is 13.4. The summed E-state index contributed by atoms with van der Waals surface area (Å²) in [5.41, 5.74) is 9.10. The Morgan fingerprint density at radius 3 is 1.66 bits per heavy atom. The molecule has 2 aromatic heterocycles. The summed E-state index contributed by atoms with van der Waals surface area (Å²) in [6.45, 7) is 0. The van der Waals surface area contributed by atoms with E-state index in [0.717, 1.165) is 93.0 Å². The quantitative estimate of drug-likeness (QED) is 0.128. The molecule has 10 rings (SSSR count). The van der Waals surface area contributed by atoms with Crippen LogP contribution in [-0.4, -0.2) is 4.98 Å². The minimum atomic E-state index is -3.04. The summed E-state index contributed by atoms with van der Waals surface area (Å²) >= 11 is 0. The van der Waals surface area contributed by atoms with Crippen molar-refractivity contribution in [3.63, 3.8) is 0 Å². The molecule has 0 atom stereocenters. The molecule has 0 amide bonds. The van der Waals surface area contributed by atoms with Crippen molar-refractivity contribution in [3.8, 4) is 33.5 Å². The summed E-state index contributed by atoms with van der Waals surface area (Å²) < 4.78 is 21.6. The van der Waals surface area contributed by atoms with E-state index in [0.29, 0.717) is 0 Å². The fourth-order valence-electron chi connectivity index (χ4n) is 7.73. The van der Waals surface area contributed by atoms with E-state index in [9.17, 15) is 4.57 Å². The molecule has 0 radical (unpaired) electrons. The number of nitrogens with zero attached hydrogens (tertiary/aromatic N) is 1. The summed E-state index contributed by atoms with van der Waals surface area (Å²) in [5.74, 6) is 0. The van der Waals surface area contributed by atoms with Crippen LogP contribution in [0, 0.1) is 0 Å². The van der Waals surface area contributed by atoms with Gasteiger partial charge in [-0.1, -0.05) is 164 Å². The van der Waals surface area contributed by atoms with Gasteiger partial charge in [0.2, 0.25) is 0 Å². The third-order valence-electron chi connectivity index (χ3n) is 10.3. The molecule has 3 nitrogen and oxygen atoms in total. The van der Waals surface area contributed by atoms with Crippen molar-refractivity contribution < 1.29 is 8.98 Å². The van der Waals surface area contributed by atoms with Gasteiger partial charge < -0.3 is 8.98 Å². The van der Waals surface area contributed by atoms with Gasteiger partial charge in [0.05, 0.1) is 11.2 Å². The number of para-hydroxylation sites is 1. The number of pyridine rings is 1. The van der Waals surface area contributed by atoms with Crippen LogP contribution in [0.3, 0.4) is 0 Å². The van der Waals surface area contributed by atoms with Crippen molar-refractivity contribution >= 4 is 66.7 Å². The molecular formula is C49H32NO2P. The molecule has 4 heteroatoms. The molecule has 250 valence electrons. The second-order valence-electron chi connectivity index (χ2n) is 13.4. The maximum Gasteiger partial charge on any atom is 0.171 e. The van der Waals surface area contributed by atoms with Gasteiger partial charge in [0, 0.05) is 48.4 Å². The third kappa shape index (κ3) is 5.20. The molecular weight excluding hydrogens is 666 g/mol. The lowest BCUT2D eigenvalue weighted by atomic mass is 9.96. The van der Waals surface area contributed by atoms with E-state index < -0.39 is 7.14 Å². The summed E-state index contributed by atoms with van der Waals surface area (Å²) in [5, 5.41) is 7.87. The van der Waals surface area contributed by atoms with Crippen LogP contribution in [0.25, 0.3) is 77.1 Å². The van der Waals surface area contributed by atoms with Crippen LogP contribution in [0.15, 0.2) is 199 Å². The van der Waals surface area contributed by atoms with Crippen molar-refractivity contribution in [2.24, 2.45) is 0 Å². The lowest BCUT2D eigenvalue weighted by Gasteiger charge is -2.20. The number of hydrogen-bond acceptors (Lipinski definition) is 3. The second-order valence-corrected chi connectivity index (χ2v) is 16.2. The predicted molar refractivity (Wildman–Crippen MR) is 222 cm³/mol. The van der Waals surface area contributed by atoms with E-state index in [1.165, 1.54) is 0 Å². The first-order chi connectivity index (χ1) is 26.1. The zero-order chi connectivity index (χ0) is 35.4. The smallest absolute Gasteiger partial charge is 0.171 e. The molecule has 2 heterocycles. The normalized spacial score (nSPS) is 11.8. The highest BCUT2D eigenvalue weighted by Crippen LogP contribution is 2.44. The van der Waals surface area contributed by atoms with Gasteiger partial charge in [0.1, 0.15) is 11.2 Å². The van der Waals surface area contributed by atoms with Crippen LogP contribution < -0.4 is 15.9 Å². The minimum absolute atomic E-state index is 0.819. The monoisotopic (exact) mass is 697 g/mol. The predicted octanol–water partition coefficient (Wildman–Crippen LogP) is 11.9. The largest absolute Gasteiger partial charge is 0.455 e. The van der Waals surface area contributed by atoms with Crippen molar-refractivity contribution in [1.29, 1.82) is 0 Å². The molecule has 0 aliphatic heterocycles. The van der Waals surface area contributed by atoms with E-state index in [1.807, 2.05) is 84.9 Å². The van der Waals surface area contributed by atoms with Crippen molar-refractivity contribution in [1.82, 2.24) is 4.98 Å². The standard InChI is InChI=1S/C49H32NO2P/c51-53(38-17-6-2-7-18-38,39-19-8-3-9-20-39)40-26-23-33(24-27-40)35-15-12-16-36(31-35)37-25-30-46-44(32-37)41-28-29-43-47(49(41)52-46)42-21-10-11-22-45(42)50-48(43)34-13-4-1-5-14-34/h1-32H. The number of hydrogen-bond donors (Lipinski definition) is 0. The van der Waals surface area contributed by atoms with Gasteiger partial charge in [-0.3, -0.25) is 0 Å². The average molecular weight is 698 g/mol. The van der Waals surface area contributed by atoms with Crippen LogP contribution in [0.1, 0.15) is 0 Å². The Morgan fingerprint density at radius 2 is 0.943 bits per heavy atom. The van der Waals surface area contributed by atoms with E-state index in [-0.39, 0.29) is 0 Å². The van der Waals surface area contributed by atoms with Gasteiger partial charge in [-0.15, -0.1) is 0 Å². The van der Waals surface area contributed by atoms with Gasteiger partial charge in [-0.2, -0.15) is 0 Å². The number of benzene rings is 8. The molecule has 53 heavy (non-hydrogen) atoms. The Kier molecular flexibility index (Phi) is 7.42. The molecule has 0 saturated heterocycles. The van der Waals surface area contributed by atoms with Gasteiger partial charge in [0.15, 0.2) is 7.14 Å². The Bertz CT molecular complexity index is 2960. The summed E-state index contributed by atoms with van der Waals surface area (Å²) in [6, 6.07) is 66.0. The van der Waals surface area contributed by atoms with Crippen LogP contribution in [0.5, 0.6) is 0 Å². The van der Waals surface area contributed by atoms with Crippen LogP contribution in [0.4, 0.5) is 0 Å². The fraction of sp³-hybridized carbons (Fsp3) is 0. The Hall–Kier alpha value is -6.54. The Morgan fingerprint density at radius 1 is 0.396 bits per heavy atom. The van der Waals surface area contributed by atoms with Gasteiger partial charge >= 0.3 is 0 Å². The molecule has 0 fully saturated rings. The van der Waals surface area contributed by atoms with Gasteiger partial charge in [0.25, 0.3) is 0 Å². The first kappa shape index (κ1) is 31.2. The highest BCUT2D eigenvalue weighted by Gasteiger charge is 2.29. The summed E-state index contributed by atoms with van der Waals surface area (Å²) in [6.07, 6.45) is 0. The fourth-order valence-corrected chi connectivity index (χ4v) is 10.4. The molecule has 10 aromatic rings. The van der Waals surface area contributed by atoms with Crippen molar-refractivity contribution in [3.05, 3.63) is 194 Å². The summed E-state index contributed by atoms with van der Waals surface area (Å²) in [4.78, 5) is 5.11. The topological polar surface area (TPSA) is 43.1 Å². The number of furan rings is 1. The minimum Gasteiger partial charge on any atom is -0.455 e. The zero-order valence-electron chi connectivity index (χ0n) is 28.7. The first-order valence-corrected chi connectivity index (χ1v) is 19.5. The molecule has 0 aliphatic rings. The van der Waals surface area contributed by atoms with Gasteiger partial charge in [-0.25, -0.2) is 4.98 Å². The van der Waals surface area contributed by atoms with E-state index >= 15 is 0 Å². The highest BCUT2D eigenvalue weighted by molar-refractivity contribution is 7.85. The lowest BCUT2D eigenvalue weighted by molar-refractivity contribution is 0.592. The average Bonchev–Trinajstić information content (AvgIpc) is 3.62. The molecule has 0 saturated carbocycles. The molecule has 0 N–H and O–H groups in total. The van der Waals surface area contributed by atoms with E-state index in [2.05, 4.69) is 109 Å². The highest BCUT2D eigenvalue weighted by atomic mass is 31.2. The van der Waals surface area contributed by atoms with Crippen molar-refractivity contribution in [2.45, 2.75) is 0 Å². The maximum absolute atomic E-state index is 14.9. The molecule has 0 aliphatic carbocycles. The molecule has 0 spiro atoms. The first-order valence-electron chi connectivity index (χ1n) is 17.8. The van der Waals surface area contributed by atoms with Crippen LogP contribution in [-0.2, 0) is 4.57 Å². The number of aromatic nitrogens is 1. The van der Waals surface area contributed by atoms with Crippen LogP contribution >= 0.6 is 7.14 Å². The van der Waals surface area contributed by atoms with E-state index in [1.54, 1.807) is 0 Å². The van der Waals surface area contributed by atoms with Gasteiger partial charge in [-0.05, 0) is 52.6 Å². The Labute approximate surface area is 307 Å². The number of rotatable bonds is 6. The van der Waals surface area contributed by atoms with E-state index in [4.69, 9.17) is 9.40 Å². The number of fused-ring (bicyclic) bond motifs is 7. The Balaban J connectivity index is 1.06.